The zero-order chi connectivity index (χ0) is 11.3. The van der Waals surface area contributed by atoms with Crippen LogP contribution in [0, 0.1) is 0 Å². The van der Waals surface area contributed by atoms with Crippen LogP contribution in [0.3, 0.4) is 0 Å². The maximum Gasteiger partial charge on any atom is 0.234 e. The van der Waals surface area contributed by atoms with Crippen LogP contribution < -0.4 is 10.6 Å². The third-order valence-electron chi connectivity index (χ3n) is 2.88. The first-order valence-corrected chi connectivity index (χ1v) is 5.44. The highest BCUT2D eigenvalue weighted by atomic mass is 16.1. The summed E-state index contributed by atoms with van der Waals surface area (Å²) in [5.41, 5.74) is 0. The van der Waals surface area contributed by atoms with E-state index >= 15 is 0 Å². The highest BCUT2D eigenvalue weighted by molar-refractivity contribution is 5.78. The first-order valence-electron chi connectivity index (χ1n) is 5.44. The summed E-state index contributed by atoms with van der Waals surface area (Å²) in [6.45, 7) is 7.72. The van der Waals surface area contributed by atoms with Crippen LogP contribution in [0.25, 0.3) is 0 Å². The number of hydrogen-bond acceptors (Lipinski definition) is 3. The van der Waals surface area contributed by atoms with E-state index in [0.717, 1.165) is 13.0 Å². The number of amides is 1. The van der Waals surface area contributed by atoms with Crippen LogP contribution in [0.1, 0.15) is 13.3 Å². The van der Waals surface area contributed by atoms with Gasteiger partial charge in [-0.2, -0.15) is 0 Å². The van der Waals surface area contributed by atoms with Gasteiger partial charge in [-0.25, -0.2) is 0 Å². The number of nitrogens with one attached hydrogen (secondary N) is 2. The van der Waals surface area contributed by atoms with E-state index in [1.165, 1.54) is 0 Å². The molecule has 1 amide bonds. The average Bonchev–Trinajstić information content (AvgIpc) is 2.52. The quantitative estimate of drug-likeness (QED) is 0.628. The molecule has 0 saturated carbocycles. The fourth-order valence-corrected chi connectivity index (χ4v) is 1.83. The van der Waals surface area contributed by atoms with Gasteiger partial charge in [0.25, 0.3) is 0 Å². The van der Waals surface area contributed by atoms with Crippen molar-refractivity contribution in [3.63, 3.8) is 0 Å². The molecule has 1 rings (SSSR count). The molecule has 2 N–H and O–H groups in total. The van der Waals surface area contributed by atoms with E-state index < -0.39 is 0 Å². The zero-order valence-electron chi connectivity index (χ0n) is 9.62. The zero-order valence-corrected chi connectivity index (χ0v) is 9.62. The first-order chi connectivity index (χ1) is 7.13. The van der Waals surface area contributed by atoms with Gasteiger partial charge in [-0.05, 0) is 20.4 Å². The van der Waals surface area contributed by atoms with Crippen molar-refractivity contribution in [2.45, 2.75) is 25.4 Å². The SMILES string of the molecule is C=CCNC(=O)CNC1CC(C)N(C)C1. The van der Waals surface area contributed by atoms with Crippen LogP contribution in [-0.4, -0.2) is 49.6 Å². The second kappa shape index (κ2) is 5.88. The van der Waals surface area contributed by atoms with Crippen molar-refractivity contribution in [3.8, 4) is 0 Å². The molecule has 15 heavy (non-hydrogen) atoms. The summed E-state index contributed by atoms with van der Waals surface area (Å²) in [4.78, 5) is 13.6. The number of carbonyl (C=O) groups is 1. The molecule has 4 heteroatoms. The minimum atomic E-state index is 0.0390. The van der Waals surface area contributed by atoms with E-state index in [-0.39, 0.29) is 5.91 Å². The Kier molecular flexibility index (Phi) is 4.78. The lowest BCUT2D eigenvalue weighted by molar-refractivity contribution is -0.120. The van der Waals surface area contributed by atoms with E-state index in [1.54, 1.807) is 6.08 Å². The topological polar surface area (TPSA) is 44.4 Å². The molecule has 2 atom stereocenters. The largest absolute Gasteiger partial charge is 0.352 e. The summed E-state index contributed by atoms with van der Waals surface area (Å²) >= 11 is 0. The number of carbonyl (C=O) groups excluding carboxylic acids is 1. The minimum Gasteiger partial charge on any atom is -0.352 e. The van der Waals surface area contributed by atoms with Crippen LogP contribution in [0.4, 0.5) is 0 Å². The third-order valence-corrected chi connectivity index (χ3v) is 2.88. The molecule has 0 bridgehead atoms. The Balaban J connectivity index is 2.15. The monoisotopic (exact) mass is 211 g/mol. The summed E-state index contributed by atoms with van der Waals surface area (Å²) < 4.78 is 0. The highest BCUT2D eigenvalue weighted by Crippen LogP contribution is 2.14. The third kappa shape index (κ3) is 4.01. The van der Waals surface area contributed by atoms with E-state index in [2.05, 4.69) is 36.1 Å². The smallest absolute Gasteiger partial charge is 0.234 e. The van der Waals surface area contributed by atoms with Crippen molar-refractivity contribution in [1.82, 2.24) is 15.5 Å². The molecular formula is C11H21N3O. The molecule has 4 nitrogen and oxygen atoms in total. The number of likely N-dealkylation sites (tertiary alicyclic amines) is 1. The molecule has 0 aromatic heterocycles. The predicted octanol–water partition coefficient (Wildman–Crippen LogP) is -0.0292. The molecule has 1 aliphatic rings. The van der Waals surface area contributed by atoms with Crippen LogP contribution in [0.15, 0.2) is 12.7 Å². The van der Waals surface area contributed by atoms with Gasteiger partial charge in [-0.3, -0.25) is 4.79 Å². The summed E-state index contributed by atoms with van der Waals surface area (Å²) in [6, 6.07) is 1.05. The molecule has 2 unspecified atom stereocenters. The second-order valence-corrected chi connectivity index (χ2v) is 4.19. The Hall–Kier alpha value is -0.870. The lowest BCUT2D eigenvalue weighted by atomic mass is 10.2. The van der Waals surface area contributed by atoms with Gasteiger partial charge >= 0.3 is 0 Å². The fraction of sp³-hybridized carbons (Fsp3) is 0.727. The van der Waals surface area contributed by atoms with E-state index in [1.807, 2.05) is 0 Å². The molecule has 0 aromatic rings. The Morgan fingerprint density at radius 3 is 2.93 bits per heavy atom. The van der Waals surface area contributed by atoms with Gasteiger partial charge in [-0.15, -0.1) is 6.58 Å². The highest BCUT2D eigenvalue weighted by Gasteiger charge is 2.25. The molecule has 0 aromatic carbocycles. The van der Waals surface area contributed by atoms with Crippen molar-refractivity contribution in [1.29, 1.82) is 0 Å². The van der Waals surface area contributed by atoms with Crippen molar-refractivity contribution in [2.75, 3.05) is 26.7 Å². The maximum atomic E-state index is 11.3. The maximum absolute atomic E-state index is 11.3. The van der Waals surface area contributed by atoms with Crippen molar-refractivity contribution in [2.24, 2.45) is 0 Å². The van der Waals surface area contributed by atoms with Gasteiger partial charge in [0.05, 0.1) is 6.54 Å². The number of rotatable bonds is 5. The second-order valence-electron chi connectivity index (χ2n) is 4.19. The van der Waals surface area contributed by atoms with E-state index in [0.29, 0.717) is 25.2 Å². The normalized spacial score (nSPS) is 26.5. The van der Waals surface area contributed by atoms with Crippen LogP contribution in [-0.2, 0) is 4.79 Å². The van der Waals surface area contributed by atoms with Gasteiger partial charge in [0.1, 0.15) is 0 Å². The Morgan fingerprint density at radius 1 is 1.67 bits per heavy atom. The molecule has 0 spiro atoms. The molecule has 86 valence electrons. The fourth-order valence-electron chi connectivity index (χ4n) is 1.83. The van der Waals surface area contributed by atoms with Gasteiger partial charge < -0.3 is 15.5 Å². The van der Waals surface area contributed by atoms with E-state index in [4.69, 9.17) is 0 Å². The molecule has 1 fully saturated rings. The molecular weight excluding hydrogens is 190 g/mol. The van der Waals surface area contributed by atoms with E-state index in [9.17, 15) is 4.79 Å². The summed E-state index contributed by atoms with van der Waals surface area (Å²) in [7, 11) is 2.12. The van der Waals surface area contributed by atoms with Gasteiger partial charge in [0, 0.05) is 25.2 Å². The molecule has 0 aliphatic carbocycles. The molecule has 1 saturated heterocycles. The van der Waals surface area contributed by atoms with Crippen molar-refractivity contribution >= 4 is 5.91 Å². The molecule has 0 radical (unpaired) electrons. The minimum absolute atomic E-state index is 0.0390. The Labute approximate surface area is 91.7 Å². The number of nitrogens with zero attached hydrogens (tertiary/aromatic N) is 1. The Bertz CT molecular complexity index is 220. The number of hydrogen-bond donors (Lipinski definition) is 2. The van der Waals surface area contributed by atoms with Crippen LogP contribution in [0.2, 0.25) is 0 Å². The van der Waals surface area contributed by atoms with Crippen LogP contribution >= 0.6 is 0 Å². The molecule has 1 aliphatic heterocycles. The summed E-state index contributed by atoms with van der Waals surface area (Å²) in [5.74, 6) is 0.0390. The van der Waals surface area contributed by atoms with Gasteiger partial charge in [0.15, 0.2) is 0 Å². The first kappa shape index (κ1) is 12.2. The van der Waals surface area contributed by atoms with Gasteiger partial charge in [0.2, 0.25) is 5.91 Å². The summed E-state index contributed by atoms with van der Waals surface area (Å²) in [6.07, 6.45) is 2.80. The lowest BCUT2D eigenvalue weighted by Crippen LogP contribution is -2.40. The van der Waals surface area contributed by atoms with Crippen LogP contribution in [0.5, 0.6) is 0 Å². The lowest BCUT2D eigenvalue weighted by Gasteiger charge is -2.13. The average molecular weight is 211 g/mol. The molecule has 1 heterocycles. The standard InChI is InChI=1S/C11H21N3O/c1-4-5-12-11(15)7-13-10-6-9(2)14(3)8-10/h4,9-10,13H,1,5-8H2,2-3H3,(H,12,15). The Morgan fingerprint density at radius 2 is 2.40 bits per heavy atom. The van der Waals surface area contributed by atoms with Crippen molar-refractivity contribution in [3.05, 3.63) is 12.7 Å². The number of likely N-dealkylation sites (N-methyl/N-ethyl adjacent to an activating group) is 1. The summed E-state index contributed by atoms with van der Waals surface area (Å²) in [5, 5.41) is 6.01. The van der Waals surface area contributed by atoms with Gasteiger partial charge in [-0.1, -0.05) is 6.08 Å². The van der Waals surface area contributed by atoms with Crippen molar-refractivity contribution < 1.29 is 4.79 Å². The predicted molar refractivity (Wildman–Crippen MR) is 61.7 cm³/mol.